The van der Waals surface area contributed by atoms with Gasteiger partial charge in [0, 0.05) is 0 Å². The van der Waals surface area contributed by atoms with Crippen molar-refractivity contribution in [3.63, 3.8) is 0 Å². The lowest BCUT2D eigenvalue weighted by molar-refractivity contribution is 0.0229. The van der Waals surface area contributed by atoms with E-state index in [9.17, 15) is 9.59 Å². The molecular weight excluding hydrogens is 260 g/mol. The van der Waals surface area contributed by atoms with Crippen LogP contribution in [0, 0.1) is 0 Å². The molecule has 0 aliphatic rings. The van der Waals surface area contributed by atoms with E-state index in [1.807, 2.05) is 30.3 Å². The van der Waals surface area contributed by atoms with Gasteiger partial charge in [-0.25, -0.2) is 15.3 Å². The highest BCUT2D eigenvalue weighted by Crippen LogP contribution is 2.02. The van der Waals surface area contributed by atoms with Crippen LogP contribution in [0.4, 0.5) is 0 Å². The molecule has 0 aliphatic carbocycles. The summed E-state index contributed by atoms with van der Waals surface area (Å²) in [7, 11) is 0. The van der Waals surface area contributed by atoms with Crippen molar-refractivity contribution in [2.45, 2.75) is 6.61 Å². The van der Waals surface area contributed by atoms with Crippen molar-refractivity contribution in [3.05, 3.63) is 65.5 Å². The summed E-state index contributed by atoms with van der Waals surface area (Å²) in [5.41, 5.74) is 2.91. The van der Waals surface area contributed by atoms with Crippen LogP contribution in [0.25, 0.3) is 0 Å². The Morgan fingerprint density at radius 2 is 1.75 bits per heavy atom. The lowest BCUT2D eigenvalue weighted by atomic mass is 10.2. The summed E-state index contributed by atoms with van der Waals surface area (Å²) < 4.78 is 0. The standard InChI is InChI=1S/C14H12N2O4/c17-13(11-7-4-8-12(15-11)14(18)19)16-20-9-10-5-2-1-3-6-10/h1-8H,9H2,(H,16,17)(H,18,19). The van der Waals surface area contributed by atoms with Crippen molar-refractivity contribution in [2.24, 2.45) is 0 Å². The zero-order valence-corrected chi connectivity index (χ0v) is 10.4. The molecule has 20 heavy (non-hydrogen) atoms. The molecule has 1 amide bonds. The average molecular weight is 272 g/mol. The van der Waals surface area contributed by atoms with Gasteiger partial charge in [-0.1, -0.05) is 36.4 Å². The molecule has 0 spiro atoms. The van der Waals surface area contributed by atoms with Gasteiger partial charge in [0.25, 0.3) is 5.91 Å². The second kappa shape index (κ2) is 6.44. The van der Waals surface area contributed by atoms with Gasteiger partial charge in [0.1, 0.15) is 11.4 Å². The SMILES string of the molecule is O=C(O)c1cccc(C(=O)NOCc2ccccc2)n1. The van der Waals surface area contributed by atoms with Gasteiger partial charge in [-0.3, -0.25) is 9.63 Å². The van der Waals surface area contributed by atoms with E-state index in [-0.39, 0.29) is 18.0 Å². The first-order valence-corrected chi connectivity index (χ1v) is 5.83. The monoisotopic (exact) mass is 272 g/mol. The van der Waals surface area contributed by atoms with Gasteiger partial charge in [-0.15, -0.1) is 0 Å². The molecule has 0 radical (unpaired) electrons. The normalized spacial score (nSPS) is 10.0. The number of carboxylic acid groups (broad SMARTS) is 1. The Hall–Kier alpha value is -2.73. The number of nitrogens with zero attached hydrogens (tertiary/aromatic N) is 1. The molecule has 0 saturated carbocycles. The van der Waals surface area contributed by atoms with Gasteiger partial charge in [-0.05, 0) is 17.7 Å². The minimum atomic E-state index is -1.19. The molecule has 1 heterocycles. The maximum atomic E-state index is 11.7. The van der Waals surface area contributed by atoms with E-state index in [0.29, 0.717) is 0 Å². The number of carbonyl (C=O) groups excluding carboxylic acids is 1. The number of hydrogen-bond acceptors (Lipinski definition) is 4. The third-order valence-corrected chi connectivity index (χ3v) is 2.45. The van der Waals surface area contributed by atoms with Crippen molar-refractivity contribution in [3.8, 4) is 0 Å². The molecule has 6 heteroatoms. The van der Waals surface area contributed by atoms with Crippen LogP contribution in [0.5, 0.6) is 0 Å². The Balaban J connectivity index is 1.92. The van der Waals surface area contributed by atoms with Gasteiger partial charge < -0.3 is 5.11 Å². The highest BCUT2D eigenvalue weighted by molar-refractivity contribution is 5.93. The van der Waals surface area contributed by atoms with E-state index in [4.69, 9.17) is 9.94 Å². The molecule has 0 saturated heterocycles. The van der Waals surface area contributed by atoms with Crippen molar-refractivity contribution >= 4 is 11.9 Å². The van der Waals surface area contributed by atoms with Crippen LogP contribution in [-0.4, -0.2) is 22.0 Å². The van der Waals surface area contributed by atoms with E-state index in [0.717, 1.165) is 5.56 Å². The quantitative estimate of drug-likeness (QED) is 0.808. The predicted molar refractivity (Wildman–Crippen MR) is 69.9 cm³/mol. The number of aromatic nitrogens is 1. The lowest BCUT2D eigenvalue weighted by Gasteiger charge is -2.05. The van der Waals surface area contributed by atoms with E-state index in [1.165, 1.54) is 18.2 Å². The van der Waals surface area contributed by atoms with E-state index in [1.54, 1.807) is 0 Å². The number of amides is 1. The summed E-state index contributed by atoms with van der Waals surface area (Å²) >= 11 is 0. The predicted octanol–water partition coefficient (Wildman–Crippen LogP) is 1.64. The Morgan fingerprint density at radius 1 is 1.05 bits per heavy atom. The number of benzene rings is 1. The maximum absolute atomic E-state index is 11.7. The third-order valence-electron chi connectivity index (χ3n) is 2.45. The number of carbonyl (C=O) groups is 2. The van der Waals surface area contributed by atoms with Crippen molar-refractivity contribution in [2.75, 3.05) is 0 Å². The molecular formula is C14H12N2O4. The van der Waals surface area contributed by atoms with Crippen LogP contribution in [0.15, 0.2) is 48.5 Å². The molecule has 0 atom stereocenters. The van der Waals surface area contributed by atoms with E-state index >= 15 is 0 Å². The number of rotatable bonds is 5. The van der Waals surface area contributed by atoms with Crippen molar-refractivity contribution in [1.82, 2.24) is 10.5 Å². The summed E-state index contributed by atoms with van der Waals surface area (Å²) in [6.07, 6.45) is 0. The van der Waals surface area contributed by atoms with Crippen molar-refractivity contribution in [1.29, 1.82) is 0 Å². The molecule has 2 rings (SSSR count). The minimum absolute atomic E-state index is 0.0158. The fourth-order valence-corrected chi connectivity index (χ4v) is 1.49. The Labute approximate surface area is 115 Å². The van der Waals surface area contributed by atoms with Crippen LogP contribution in [0.1, 0.15) is 26.5 Å². The first kappa shape index (κ1) is 13.7. The van der Waals surface area contributed by atoms with Gasteiger partial charge in [0.15, 0.2) is 0 Å². The first-order valence-electron chi connectivity index (χ1n) is 5.83. The zero-order valence-electron chi connectivity index (χ0n) is 10.4. The highest BCUT2D eigenvalue weighted by Gasteiger charge is 2.11. The Kier molecular flexibility index (Phi) is 4.41. The molecule has 0 bridgehead atoms. The van der Waals surface area contributed by atoms with Crippen molar-refractivity contribution < 1.29 is 19.5 Å². The smallest absolute Gasteiger partial charge is 0.354 e. The minimum Gasteiger partial charge on any atom is -0.477 e. The molecule has 6 nitrogen and oxygen atoms in total. The van der Waals surface area contributed by atoms with Gasteiger partial charge in [-0.2, -0.15) is 0 Å². The second-order valence-corrected chi connectivity index (χ2v) is 3.92. The number of aromatic carboxylic acids is 1. The summed E-state index contributed by atoms with van der Waals surface area (Å²) in [5, 5.41) is 8.79. The number of hydroxylamine groups is 1. The summed E-state index contributed by atoms with van der Waals surface area (Å²) in [4.78, 5) is 31.2. The van der Waals surface area contributed by atoms with Crippen LogP contribution in [0.3, 0.4) is 0 Å². The Bertz CT molecular complexity index is 614. The molecule has 102 valence electrons. The van der Waals surface area contributed by atoms with Crippen LogP contribution in [-0.2, 0) is 11.4 Å². The molecule has 1 aromatic carbocycles. The summed E-state index contributed by atoms with van der Waals surface area (Å²) in [6.45, 7) is 0.213. The molecule has 0 fully saturated rings. The second-order valence-electron chi connectivity index (χ2n) is 3.92. The largest absolute Gasteiger partial charge is 0.477 e. The fraction of sp³-hybridized carbons (Fsp3) is 0.0714. The van der Waals surface area contributed by atoms with Crippen LogP contribution < -0.4 is 5.48 Å². The van der Waals surface area contributed by atoms with E-state index in [2.05, 4.69) is 10.5 Å². The Morgan fingerprint density at radius 3 is 2.45 bits per heavy atom. The fourth-order valence-electron chi connectivity index (χ4n) is 1.49. The van der Waals surface area contributed by atoms with E-state index < -0.39 is 11.9 Å². The average Bonchev–Trinajstić information content (AvgIpc) is 2.48. The number of hydrogen-bond donors (Lipinski definition) is 2. The number of carboxylic acids is 1. The van der Waals surface area contributed by atoms with Gasteiger partial charge in [0.2, 0.25) is 0 Å². The van der Waals surface area contributed by atoms with Crippen LogP contribution in [0.2, 0.25) is 0 Å². The molecule has 2 aromatic rings. The van der Waals surface area contributed by atoms with Crippen LogP contribution >= 0.6 is 0 Å². The highest BCUT2D eigenvalue weighted by atomic mass is 16.6. The molecule has 0 unspecified atom stereocenters. The topological polar surface area (TPSA) is 88.5 Å². The molecule has 0 aliphatic heterocycles. The van der Waals surface area contributed by atoms with Gasteiger partial charge >= 0.3 is 5.97 Å². The zero-order chi connectivity index (χ0) is 14.4. The number of nitrogens with one attached hydrogen (secondary N) is 1. The summed E-state index contributed by atoms with van der Waals surface area (Å²) in [6, 6.07) is 13.5. The van der Waals surface area contributed by atoms with Gasteiger partial charge in [0.05, 0.1) is 6.61 Å². The molecule has 1 aromatic heterocycles. The third kappa shape index (κ3) is 3.63. The lowest BCUT2D eigenvalue weighted by Crippen LogP contribution is -2.25. The number of pyridine rings is 1. The summed E-state index contributed by atoms with van der Waals surface area (Å²) in [5.74, 6) is -1.78. The molecule has 2 N–H and O–H groups in total. The maximum Gasteiger partial charge on any atom is 0.354 e. The first-order chi connectivity index (χ1) is 9.66.